The van der Waals surface area contributed by atoms with Gasteiger partial charge in [-0.2, -0.15) is 0 Å². The number of nitrogens with zero attached hydrogens (tertiary/aromatic N) is 1. The summed E-state index contributed by atoms with van der Waals surface area (Å²) in [6.07, 6.45) is 9.00. The predicted molar refractivity (Wildman–Crippen MR) is 96.6 cm³/mol. The summed E-state index contributed by atoms with van der Waals surface area (Å²) in [4.78, 5) is 4.33. The molecule has 3 unspecified atom stereocenters. The smallest absolute Gasteiger partial charge is 0.131 e. The molecule has 0 saturated carbocycles. The summed E-state index contributed by atoms with van der Waals surface area (Å²) in [5, 5.41) is 0. The first kappa shape index (κ1) is 18.6. The number of halogens is 2. The zero-order valence-corrected chi connectivity index (χ0v) is 15.0. The van der Waals surface area contributed by atoms with Gasteiger partial charge in [-0.15, -0.1) is 0 Å². The van der Waals surface area contributed by atoms with Crippen LogP contribution in [-0.2, 0) is 0 Å². The Balaban J connectivity index is 2.60. The van der Waals surface area contributed by atoms with Gasteiger partial charge in [0.1, 0.15) is 11.7 Å². The Labute approximate surface area is 144 Å². The third-order valence-electron chi connectivity index (χ3n) is 5.37. The predicted octanol–water partition coefficient (Wildman–Crippen LogP) is 6.65. The minimum absolute atomic E-state index is 0.216. The van der Waals surface area contributed by atoms with E-state index in [0.29, 0.717) is 17.2 Å². The van der Waals surface area contributed by atoms with E-state index in [9.17, 15) is 8.78 Å². The summed E-state index contributed by atoms with van der Waals surface area (Å²) in [5.41, 5.74) is 0.796. The Hall–Kier alpha value is -1.77. The van der Waals surface area contributed by atoms with Crippen molar-refractivity contribution in [2.45, 2.75) is 47.0 Å². The van der Waals surface area contributed by atoms with Crippen molar-refractivity contribution in [3.63, 3.8) is 0 Å². The SMILES string of the molecule is CCC=CC(C)(C(C)CC)C1CC(F)=CC(F)=C1c1ccccn1. The fourth-order valence-electron chi connectivity index (χ4n) is 3.53. The molecule has 2 rings (SSSR count). The van der Waals surface area contributed by atoms with E-state index in [1.807, 2.05) is 6.07 Å². The van der Waals surface area contributed by atoms with Gasteiger partial charge in [-0.25, -0.2) is 8.78 Å². The summed E-state index contributed by atoms with van der Waals surface area (Å²) in [5.74, 6) is -0.864. The molecule has 0 fully saturated rings. The Morgan fingerprint density at radius 1 is 1.33 bits per heavy atom. The second kappa shape index (κ2) is 7.87. The second-order valence-electron chi connectivity index (χ2n) is 6.81. The van der Waals surface area contributed by atoms with Crippen LogP contribution < -0.4 is 0 Å². The second-order valence-corrected chi connectivity index (χ2v) is 6.81. The van der Waals surface area contributed by atoms with Crippen LogP contribution in [0.1, 0.15) is 52.7 Å². The van der Waals surface area contributed by atoms with Crippen LogP contribution in [0.2, 0.25) is 0 Å². The Morgan fingerprint density at radius 3 is 2.67 bits per heavy atom. The summed E-state index contributed by atoms with van der Waals surface area (Å²) < 4.78 is 28.9. The highest BCUT2D eigenvalue weighted by atomic mass is 19.1. The maximum atomic E-state index is 14.8. The van der Waals surface area contributed by atoms with Crippen molar-refractivity contribution < 1.29 is 8.78 Å². The van der Waals surface area contributed by atoms with Gasteiger partial charge in [-0.3, -0.25) is 4.98 Å². The van der Waals surface area contributed by atoms with E-state index in [0.717, 1.165) is 18.9 Å². The maximum Gasteiger partial charge on any atom is 0.131 e. The molecule has 0 N–H and O–H groups in total. The van der Waals surface area contributed by atoms with E-state index in [2.05, 4.69) is 44.8 Å². The average molecular weight is 331 g/mol. The molecule has 130 valence electrons. The van der Waals surface area contributed by atoms with Gasteiger partial charge in [0.05, 0.1) is 5.69 Å². The van der Waals surface area contributed by atoms with E-state index < -0.39 is 11.7 Å². The molecule has 1 heterocycles. The molecule has 0 radical (unpaired) electrons. The van der Waals surface area contributed by atoms with Crippen LogP contribution in [-0.4, -0.2) is 4.98 Å². The highest BCUT2D eigenvalue weighted by Gasteiger charge is 2.42. The van der Waals surface area contributed by atoms with Gasteiger partial charge in [0.15, 0.2) is 0 Å². The van der Waals surface area contributed by atoms with Gasteiger partial charge < -0.3 is 0 Å². The normalized spacial score (nSPS) is 22.4. The van der Waals surface area contributed by atoms with E-state index in [1.165, 1.54) is 0 Å². The zero-order chi connectivity index (χ0) is 17.7. The molecular weight excluding hydrogens is 304 g/mol. The first-order chi connectivity index (χ1) is 11.4. The van der Waals surface area contributed by atoms with Gasteiger partial charge in [-0.05, 0) is 29.9 Å². The molecule has 1 aromatic heterocycles. The van der Waals surface area contributed by atoms with E-state index >= 15 is 0 Å². The van der Waals surface area contributed by atoms with Crippen molar-refractivity contribution in [1.29, 1.82) is 0 Å². The van der Waals surface area contributed by atoms with Crippen LogP contribution in [0.5, 0.6) is 0 Å². The third-order valence-corrected chi connectivity index (χ3v) is 5.37. The molecule has 0 bridgehead atoms. The largest absolute Gasteiger partial charge is 0.256 e. The number of aromatic nitrogens is 1. The van der Waals surface area contributed by atoms with E-state index in [1.54, 1.807) is 18.3 Å². The molecule has 0 aliphatic heterocycles. The fourth-order valence-corrected chi connectivity index (χ4v) is 3.53. The van der Waals surface area contributed by atoms with E-state index in [-0.39, 0.29) is 17.8 Å². The number of rotatable bonds is 6. The standard InChI is InChI=1S/C21H27F2N/c1-5-7-11-21(4,15(3)6-2)17-13-16(22)14-18(23)20(17)19-10-8-9-12-24-19/h7-12,14-15,17H,5-6,13H2,1-4H3. The third kappa shape index (κ3) is 3.66. The fraction of sp³-hybridized carbons (Fsp3) is 0.476. The quantitative estimate of drug-likeness (QED) is 0.531. The average Bonchev–Trinajstić information content (AvgIpc) is 2.59. The van der Waals surface area contributed by atoms with Gasteiger partial charge >= 0.3 is 0 Å². The van der Waals surface area contributed by atoms with Crippen LogP contribution in [0.25, 0.3) is 5.57 Å². The van der Waals surface area contributed by atoms with Crippen molar-refractivity contribution in [3.05, 3.63) is 60.0 Å². The van der Waals surface area contributed by atoms with Gasteiger partial charge in [0.2, 0.25) is 0 Å². The molecule has 1 aliphatic carbocycles. The maximum absolute atomic E-state index is 14.8. The van der Waals surface area contributed by atoms with Gasteiger partial charge in [0, 0.05) is 30.2 Å². The van der Waals surface area contributed by atoms with Crippen molar-refractivity contribution in [1.82, 2.24) is 4.98 Å². The zero-order valence-electron chi connectivity index (χ0n) is 15.0. The Bertz CT molecular complexity index is 645. The summed E-state index contributed by atoms with van der Waals surface area (Å²) >= 11 is 0. The lowest BCUT2D eigenvalue weighted by molar-refractivity contribution is 0.190. The number of hydrogen-bond donors (Lipinski definition) is 0. The highest BCUT2D eigenvalue weighted by Crippen LogP contribution is 2.51. The van der Waals surface area contributed by atoms with Crippen molar-refractivity contribution in [2.75, 3.05) is 0 Å². The van der Waals surface area contributed by atoms with Crippen LogP contribution in [0.4, 0.5) is 8.78 Å². The molecule has 0 spiro atoms. The molecule has 1 aromatic rings. The minimum Gasteiger partial charge on any atom is -0.256 e. The van der Waals surface area contributed by atoms with Crippen LogP contribution in [0.3, 0.4) is 0 Å². The molecule has 0 aromatic carbocycles. The Morgan fingerprint density at radius 2 is 2.08 bits per heavy atom. The number of allylic oxidation sites excluding steroid dienone is 6. The number of pyridine rings is 1. The highest BCUT2D eigenvalue weighted by molar-refractivity contribution is 5.71. The molecule has 0 amide bonds. The van der Waals surface area contributed by atoms with Crippen molar-refractivity contribution >= 4 is 5.57 Å². The van der Waals surface area contributed by atoms with Gasteiger partial charge in [0.25, 0.3) is 0 Å². The lowest BCUT2D eigenvalue weighted by Crippen LogP contribution is -2.34. The van der Waals surface area contributed by atoms with E-state index in [4.69, 9.17) is 0 Å². The van der Waals surface area contributed by atoms with Crippen LogP contribution >= 0.6 is 0 Å². The summed E-state index contributed by atoms with van der Waals surface area (Å²) in [6, 6.07) is 5.46. The molecule has 3 atom stereocenters. The summed E-state index contributed by atoms with van der Waals surface area (Å²) in [7, 11) is 0. The first-order valence-electron chi connectivity index (χ1n) is 8.78. The Kier molecular flexibility index (Phi) is 6.09. The molecule has 24 heavy (non-hydrogen) atoms. The minimum atomic E-state index is -0.498. The summed E-state index contributed by atoms with van der Waals surface area (Å²) in [6.45, 7) is 8.47. The first-order valence-corrected chi connectivity index (χ1v) is 8.78. The van der Waals surface area contributed by atoms with Gasteiger partial charge in [-0.1, -0.05) is 52.3 Å². The molecular formula is C21H27F2N. The topological polar surface area (TPSA) is 12.9 Å². The molecule has 1 aliphatic rings. The monoisotopic (exact) mass is 331 g/mol. The number of hydrogen-bond acceptors (Lipinski definition) is 1. The molecule has 0 saturated heterocycles. The van der Waals surface area contributed by atoms with Crippen molar-refractivity contribution in [3.8, 4) is 0 Å². The van der Waals surface area contributed by atoms with Crippen LogP contribution in [0.15, 0.2) is 54.3 Å². The van der Waals surface area contributed by atoms with Crippen molar-refractivity contribution in [2.24, 2.45) is 17.3 Å². The lowest BCUT2D eigenvalue weighted by Gasteiger charge is -2.42. The van der Waals surface area contributed by atoms with Crippen LogP contribution in [0, 0.1) is 17.3 Å². The lowest BCUT2D eigenvalue weighted by atomic mass is 9.62. The molecule has 1 nitrogen and oxygen atoms in total. The molecule has 3 heteroatoms.